The molecule has 0 saturated carbocycles. The van der Waals surface area contributed by atoms with E-state index in [4.69, 9.17) is 23.2 Å². The zero-order valence-electron chi connectivity index (χ0n) is 10.8. The molecule has 0 fully saturated rings. The lowest BCUT2D eigenvalue weighted by Crippen LogP contribution is -2.24. The van der Waals surface area contributed by atoms with Crippen LogP contribution in [0.25, 0.3) is 0 Å². The maximum absolute atomic E-state index is 6.36. The molecule has 0 radical (unpaired) electrons. The summed E-state index contributed by atoms with van der Waals surface area (Å²) in [6.45, 7) is 5.52. The molecule has 1 N–H and O–H groups in total. The third kappa shape index (κ3) is 3.16. The zero-order valence-corrected chi connectivity index (χ0v) is 13.1. The molecule has 1 aliphatic heterocycles. The van der Waals surface area contributed by atoms with Crippen molar-refractivity contribution in [3.8, 4) is 0 Å². The van der Waals surface area contributed by atoms with Crippen molar-refractivity contribution in [1.82, 2.24) is 5.32 Å². The van der Waals surface area contributed by atoms with Crippen molar-refractivity contribution in [2.24, 2.45) is 0 Å². The Morgan fingerprint density at radius 1 is 1.39 bits per heavy atom. The monoisotopic (exact) mass is 303 g/mol. The van der Waals surface area contributed by atoms with E-state index < -0.39 is 0 Å². The first kappa shape index (κ1) is 14.5. The SMILES string of the molecule is CCCNC1CC(C)SCc2c1ccc(Cl)c2Cl. The molecule has 0 aliphatic carbocycles. The van der Waals surface area contributed by atoms with Crippen LogP contribution in [0.3, 0.4) is 0 Å². The van der Waals surface area contributed by atoms with Gasteiger partial charge in [0, 0.05) is 17.0 Å². The van der Waals surface area contributed by atoms with Gasteiger partial charge in [-0.25, -0.2) is 0 Å². The summed E-state index contributed by atoms with van der Waals surface area (Å²) in [5, 5.41) is 5.67. The Morgan fingerprint density at radius 2 is 2.17 bits per heavy atom. The first-order chi connectivity index (χ1) is 8.63. The molecule has 2 unspecified atom stereocenters. The highest BCUT2D eigenvalue weighted by atomic mass is 35.5. The number of halogens is 2. The number of rotatable bonds is 3. The Hall–Kier alpha value is 0.110. The van der Waals surface area contributed by atoms with Crippen LogP contribution < -0.4 is 5.32 Å². The van der Waals surface area contributed by atoms with Crippen LogP contribution in [0, 0.1) is 0 Å². The van der Waals surface area contributed by atoms with Crippen molar-refractivity contribution in [3.05, 3.63) is 33.3 Å². The average Bonchev–Trinajstić information content (AvgIpc) is 2.51. The molecule has 0 bridgehead atoms. The highest BCUT2D eigenvalue weighted by Crippen LogP contribution is 2.40. The van der Waals surface area contributed by atoms with E-state index in [1.807, 2.05) is 17.8 Å². The van der Waals surface area contributed by atoms with Gasteiger partial charge < -0.3 is 5.32 Å². The van der Waals surface area contributed by atoms with E-state index in [0.717, 1.165) is 30.2 Å². The fourth-order valence-electron chi connectivity index (χ4n) is 2.35. The maximum Gasteiger partial charge on any atom is 0.0636 e. The quantitative estimate of drug-likeness (QED) is 0.837. The van der Waals surface area contributed by atoms with Crippen LogP contribution in [0.15, 0.2) is 12.1 Å². The fourth-order valence-corrected chi connectivity index (χ4v) is 3.93. The van der Waals surface area contributed by atoms with Crippen molar-refractivity contribution >= 4 is 35.0 Å². The molecule has 0 aromatic heterocycles. The first-order valence-corrected chi connectivity index (χ1v) is 8.25. The van der Waals surface area contributed by atoms with Crippen LogP contribution in [0.1, 0.15) is 43.9 Å². The van der Waals surface area contributed by atoms with Gasteiger partial charge in [-0.1, -0.05) is 43.1 Å². The Morgan fingerprint density at radius 3 is 2.89 bits per heavy atom. The molecule has 4 heteroatoms. The third-order valence-corrected chi connectivity index (χ3v) is 5.39. The normalized spacial score (nSPS) is 23.6. The molecule has 0 amide bonds. The van der Waals surface area contributed by atoms with Gasteiger partial charge in [0.15, 0.2) is 0 Å². The molecule has 18 heavy (non-hydrogen) atoms. The van der Waals surface area contributed by atoms with Gasteiger partial charge in [-0.2, -0.15) is 11.8 Å². The van der Waals surface area contributed by atoms with Crippen LogP contribution in [0.2, 0.25) is 10.0 Å². The molecule has 1 heterocycles. The summed E-state index contributed by atoms with van der Waals surface area (Å²) in [4.78, 5) is 0. The summed E-state index contributed by atoms with van der Waals surface area (Å²) < 4.78 is 0. The van der Waals surface area contributed by atoms with Gasteiger partial charge in [-0.15, -0.1) is 0 Å². The lowest BCUT2D eigenvalue weighted by atomic mass is 9.97. The van der Waals surface area contributed by atoms with E-state index in [2.05, 4.69) is 25.2 Å². The summed E-state index contributed by atoms with van der Waals surface area (Å²) in [5.74, 6) is 0.959. The second-order valence-corrected chi connectivity index (χ2v) is 7.01. The molecule has 1 aromatic carbocycles. The van der Waals surface area contributed by atoms with Gasteiger partial charge in [0.25, 0.3) is 0 Å². The van der Waals surface area contributed by atoms with E-state index in [-0.39, 0.29) is 0 Å². The van der Waals surface area contributed by atoms with Crippen molar-refractivity contribution < 1.29 is 0 Å². The van der Waals surface area contributed by atoms with Crippen LogP contribution in [0.4, 0.5) is 0 Å². The number of benzene rings is 1. The Bertz CT molecular complexity index is 423. The van der Waals surface area contributed by atoms with E-state index in [1.54, 1.807) is 0 Å². The Kier molecular flexibility index (Phi) is 5.25. The summed E-state index contributed by atoms with van der Waals surface area (Å²) in [7, 11) is 0. The summed E-state index contributed by atoms with van der Waals surface area (Å²) in [5.41, 5.74) is 2.54. The largest absolute Gasteiger partial charge is 0.310 e. The highest BCUT2D eigenvalue weighted by molar-refractivity contribution is 7.99. The number of thioether (sulfide) groups is 1. The summed E-state index contributed by atoms with van der Waals surface area (Å²) >= 11 is 14.4. The molecule has 1 nitrogen and oxygen atoms in total. The van der Waals surface area contributed by atoms with Crippen LogP contribution in [-0.2, 0) is 5.75 Å². The van der Waals surface area contributed by atoms with Gasteiger partial charge in [-0.05, 0) is 36.6 Å². The molecule has 1 aromatic rings. The van der Waals surface area contributed by atoms with Crippen LogP contribution in [-0.4, -0.2) is 11.8 Å². The second-order valence-electron chi connectivity index (χ2n) is 4.79. The van der Waals surface area contributed by atoms with Gasteiger partial charge in [0.05, 0.1) is 10.0 Å². The van der Waals surface area contributed by atoms with Gasteiger partial charge >= 0.3 is 0 Å². The number of hydrogen-bond acceptors (Lipinski definition) is 2. The Balaban J connectivity index is 2.35. The number of nitrogens with one attached hydrogen (secondary N) is 1. The molecule has 100 valence electrons. The highest BCUT2D eigenvalue weighted by Gasteiger charge is 2.24. The number of fused-ring (bicyclic) bond motifs is 1. The predicted molar refractivity (Wildman–Crippen MR) is 82.9 cm³/mol. The summed E-state index contributed by atoms with van der Waals surface area (Å²) in [6.07, 6.45) is 2.30. The lowest BCUT2D eigenvalue weighted by molar-refractivity contribution is 0.500. The molecule has 1 aliphatic rings. The average molecular weight is 304 g/mol. The smallest absolute Gasteiger partial charge is 0.0636 e. The van der Waals surface area contributed by atoms with Gasteiger partial charge in [0.1, 0.15) is 0 Å². The molecule has 2 atom stereocenters. The molecular formula is C14H19Cl2NS. The maximum atomic E-state index is 6.36. The summed E-state index contributed by atoms with van der Waals surface area (Å²) in [6, 6.07) is 4.46. The minimum absolute atomic E-state index is 0.403. The lowest BCUT2D eigenvalue weighted by Gasteiger charge is -2.21. The fraction of sp³-hybridized carbons (Fsp3) is 0.571. The molecular weight excluding hydrogens is 285 g/mol. The second kappa shape index (κ2) is 6.51. The van der Waals surface area contributed by atoms with Crippen LogP contribution in [0.5, 0.6) is 0 Å². The predicted octanol–water partition coefficient (Wildman–Crippen LogP) is 5.06. The molecule has 2 rings (SSSR count). The van der Waals surface area contributed by atoms with Gasteiger partial charge in [0.2, 0.25) is 0 Å². The van der Waals surface area contributed by atoms with Gasteiger partial charge in [-0.3, -0.25) is 0 Å². The van der Waals surface area contributed by atoms with E-state index in [0.29, 0.717) is 16.3 Å². The minimum Gasteiger partial charge on any atom is -0.310 e. The Labute approximate surface area is 124 Å². The van der Waals surface area contributed by atoms with Crippen molar-refractivity contribution in [1.29, 1.82) is 0 Å². The van der Waals surface area contributed by atoms with Crippen molar-refractivity contribution in [3.63, 3.8) is 0 Å². The molecule has 0 spiro atoms. The van der Waals surface area contributed by atoms with E-state index in [9.17, 15) is 0 Å². The minimum atomic E-state index is 0.403. The van der Waals surface area contributed by atoms with Crippen molar-refractivity contribution in [2.75, 3.05) is 6.54 Å². The molecule has 0 saturated heterocycles. The van der Waals surface area contributed by atoms with E-state index >= 15 is 0 Å². The first-order valence-electron chi connectivity index (χ1n) is 6.45. The van der Waals surface area contributed by atoms with Crippen molar-refractivity contribution in [2.45, 2.75) is 43.7 Å². The van der Waals surface area contributed by atoms with E-state index in [1.165, 1.54) is 11.1 Å². The zero-order chi connectivity index (χ0) is 13.1. The number of hydrogen-bond donors (Lipinski definition) is 1. The third-order valence-electron chi connectivity index (χ3n) is 3.33. The van der Waals surface area contributed by atoms with Crippen LogP contribution >= 0.6 is 35.0 Å². The topological polar surface area (TPSA) is 12.0 Å². The standard InChI is InChI=1S/C14H19Cl2NS/c1-3-6-17-13-7-9(2)18-8-11-10(13)4-5-12(15)14(11)16/h4-5,9,13,17H,3,6-8H2,1-2H3.